The molecule has 94 valence electrons. The first-order chi connectivity index (χ1) is 8.08. The van der Waals surface area contributed by atoms with Crippen LogP contribution in [0.2, 0.25) is 0 Å². The average Bonchev–Trinajstić information content (AvgIpc) is 2.29. The Hall–Kier alpha value is -1.62. The van der Waals surface area contributed by atoms with Gasteiger partial charge in [-0.15, -0.1) is 0 Å². The predicted molar refractivity (Wildman–Crippen MR) is 63.9 cm³/mol. The van der Waals surface area contributed by atoms with Gasteiger partial charge in [0, 0.05) is 19.9 Å². The van der Waals surface area contributed by atoms with E-state index in [1.807, 2.05) is 19.1 Å². The fourth-order valence-corrected chi connectivity index (χ4v) is 1.44. The zero-order valence-electron chi connectivity index (χ0n) is 10.7. The number of carbonyl (C=O) groups excluding carboxylic acids is 1. The third-order valence-electron chi connectivity index (χ3n) is 2.37. The van der Waals surface area contributed by atoms with E-state index in [0.29, 0.717) is 12.3 Å². The van der Waals surface area contributed by atoms with E-state index in [1.54, 1.807) is 19.1 Å². The summed E-state index contributed by atoms with van der Waals surface area (Å²) < 4.78 is 10.0. The highest BCUT2D eigenvalue weighted by atomic mass is 16.5. The molecule has 0 N–H and O–H groups in total. The Balaban J connectivity index is 2.79. The molecule has 1 aromatic heterocycles. The van der Waals surface area contributed by atoms with E-state index in [9.17, 15) is 4.79 Å². The summed E-state index contributed by atoms with van der Waals surface area (Å²) in [4.78, 5) is 17.5. The molecule has 0 saturated heterocycles. The van der Waals surface area contributed by atoms with Crippen LogP contribution in [0.15, 0.2) is 12.1 Å². The molecule has 0 fully saturated rings. The maximum Gasteiger partial charge on any atom is 0.248 e. The van der Waals surface area contributed by atoms with Gasteiger partial charge in [-0.05, 0) is 19.1 Å². The van der Waals surface area contributed by atoms with Gasteiger partial charge in [0.2, 0.25) is 5.91 Å². The van der Waals surface area contributed by atoms with Crippen LogP contribution in [-0.4, -0.2) is 43.7 Å². The van der Waals surface area contributed by atoms with Crippen LogP contribution in [0, 0.1) is 6.92 Å². The molecule has 17 heavy (non-hydrogen) atoms. The molecule has 1 aromatic rings. The zero-order chi connectivity index (χ0) is 12.8. The van der Waals surface area contributed by atoms with Gasteiger partial charge in [0.15, 0.2) is 0 Å². The van der Waals surface area contributed by atoms with Crippen LogP contribution < -0.4 is 4.74 Å². The van der Waals surface area contributed by atoms with Gasteiger partial charge in [0.1, 0.15) is 18.1 Å². The first kappa shape index (κ1) is 13.4. The summed E-state index contributed by atoms with van der Waals surface area (Å²) in [6, 6.07) is 3.73. The van der Waals surface area contributed by atoms with Gasteiger partial charge in [-0.1, -0.05) is 0 Å². The largest absolute Gasteiger partial charge is 0.495 e. The van der Waals surface area contributed by atoms with Crippen molar-refractivity contribution < 1.29 is 14.3 Å². The summed E-state index contributed by atoms with van der Waals surface area (Å²) in [6.07, 6.45) is 0. The standard InChI is InChI=1S/C12H18N2O3/c1-9-5-6-11(17-4)10(13-9)7-14(2)12(15)8-16-3/h5-6H,7-8H2,1-4H3. The number of hydrogen-bond acceptors (Lipinski definition) is 4. The SMILES string of the molecule is COCC(=O)N(C)Cc1nc(C)ccc1OC. The Bertz CT molecular complexity index is 393. The summed E-state index contributed by atoms with van der Waals surface area (Å²) in [5.74, 6) is 0.602. The molecular weight excluding hydrogens is 220 g/mol. The van der Waals surface area contributed by atoms with Crippen LogP contribution in [0.1, 0.15) is 11.4 Å². The minimum Gasteiger partial charge on any atom is -0.495 e. The Labute approximate surface area is 101 Å². The number of likely N-dealkylation sites (N-methyl/N-ethyl adjacent to an activating group) is 1. The Morgan fingerprint density at radius 1 is 1.41 bits per heavy atom. The number of aryl methyl sites for hydroxylation is 1. The second-order valence-corrected chi connectivity index (χ2v) is 3.78. The van der Waals surface area contributed by atoms with Crippen molar-refractivity contribution in [1.29, 1.82) is 0 Å². The molecule has 0 spiro atoms. The highest BCUT2D eigenvalue weighted by molar-refractivity contribution is 5.77. The lowest BCUT2D eigenvalue weighted by Crippen LogP contribution is -2.30. The molecule has 0 atom stereocenters. The lowest BCUT2D eigenvalue weighted by Gasteiger charge is -2.18. The van der Waals surface area contributed by atoms with Gasteiger partial charge in [0.05, 0.1) is 13.7 Å². The van der Waals surface area contributed by atoms with Crippen molar-refractivity contribution in [2.24, 2.45) is 0 Å². The van der Waals surface area contributed by atoms with E-state index in [4.69, 9.17) is 9.47 Å². The number of nitrogens with zero attached hydrogens (tertiary/aromatic N) is 2. The first-order valence-electron chi connectivity index (χ1n) is 5.32. The zero-order valence-corrected chi connectivity index (χ0v) is 10.7. The number of ether oxygens (including phenoxy) is 2. The van der Waals surface area contributed by atoms with Gasteiger partial charge < -0.3 is 14.4 Å². The number of carbonyl (C=O) groups is 1. The molecule has 0 aromatic carbocycles. The van der Waals surface area contributed by atoms with Crippen molar-refractivity contribution in [1.82, 2.24) is 9.88 Å². The molecule has 0 aliphatic carbocycles. The highest BCUT2D eigenvalue weighted by Crippen LogP contribution is 2.17. The molecule has 0 saturated carbocycles. The summed E-state index contributed by atoms with van der Waals surface area (Å²) in [5.41, 5.74) is 1.65. The van der Waals surface area contributed by atoms with Crippen LogP contribution in [0.3, 0.4) is 0 Å². The van der Waals surface area contributed by atoms with Crippen molar-refractivity contribution in [2.45, 2.75) is 13.5 Å². The fraction of sp³-hybridized carbons (Fsp3) is 0.500. The van der Waals surface area contributed by atoms with Gasteiger partial charge >= 0.3 is 0 Å². The summed E-state index contributed by atoms with van der Waals surface area (Å²) in [5, 5.41) is 0. The van der Waals surface area contributed by atoms with Crippen molar-refractivity contribution in [3.63, 3.8) is 0 Å². The van der Waals surface area contributed by atoms with Crippen LogP contribution in [-0.2, 0) is 16.1 Å². The summed E-state index contributed by atoms with van der Waals surface area (Å²) in [7, 11) is 4.80. The van der Waals surface area contributed by atoms with E-state index in [0.717, 1.165) is 11.4 Å². The Morgan fingerprint density at radius 3 is 2.71 bits per heavy atom. The average molecular weight is 238 g/mol. The number of methoxy groups -OCH3 is 2. The fourth-order valence-electron chi connectivity index (χ4n) is 1.44. The molecule has 5 heteroatoms. The Kier molecular flexibility index (Phi) is 4.90. The normalized spacial score (nSPS) is 10.1. The quantitative estimate of drug-likeness (QED) is 0.768. The number of amides is 1. The number of aromatic nitrogens is 1. The van der Waals surface area contributed by atoms with Crippen molar-refractivity contribution in [3.05, 3.63) is 23.5 Å². The lowest BCUT2D eigenvalue weighted by atomic mass is 10.2. The van der Waals surface area contributed by atoms with E-state index < -0.39 is 0 Å². The molecular formula is C12H18N2O3. The van der Waals surface area contributed by atoms with Gasteiger partial charge in [0.25, 0.3) is 0 Å². The molecule has 1 heterocycles. The number of pyridine rings is 1. The molecule has 0 bridgehead atoms. The summed E-state index contributed by atoms with van der Waals surface area (Å²) >= 11 is 0. The lowest BCUT2D eigenvalue weighted by molar-refractivity contribution is -0.134. The molecule has 5 nitrogen and oxygen atoms in total. The maximum absolute atomic E-state index is 11.6. The van der Waals surface area contributed by atoms with Gasteiger partial charge in [-0.2, -0.15) is 0 Å². The first-order valence-corrected chi connectivity index (χ1v) is 5.32. The Morgan fingerprint density at radius 2 is 2.12 bits per heavy atom. The van der Waals surface area contributed by atoms with E-state index in [2.05, 4.69) is 4.98 Å². The molecule has 0 aliphatic rings. The minimum absolute atomic E-state index is 0.0740. The van der Waals surface area contributed by atoms with Crippen molar-refractivity contribution in [2.75, 3.05) is 27.9 Å². The topological polar surface area (TPSA) is 51.7 Å². The van der Waals surface area contributed by atoms with E-state index in [1.165, 1.54) is 7.11 Å². The molecule has 1 amide bonds. The third kappa shape index (κ3) is 3.71. The maximum atomic E-state index is 11.6. The molecule has 0 unspecified atom stereocenters. The van der Waals surface area contributed by atoms with Gasteiger partial charge in [-0.3, -0.25) is 9.78 Å². The number of hydrogen-bond donors (Lipinski definition) is 0. The second-order valence-electron chi connectivity index (χ2n) is 3.78. The minimum atomic E-state index is -0.0853. The van der Waals surface area contributed by atoms with E-state index >= 15 is 0 Å². The number of rotatable bonds is 5. The molecule has 0 radical (unpaired) electrons. The summed E-state index contributed by atoms with van der Waals surface area (Å²) in [6.45, 7) is 2.39. The molecule has 1 rings (SSSR count). The van der Waals surface area contributed by atoms with Crippen LogP contribution in [0.25, 0.3) is 0 Å². The smallest absolute Gasteiger partial charge is 0.248 e. The predicted octanol–water partition coefficient (Wildman–Crippen LogP) is 1.00. The highest BCUT2D eigenvalue weighted by Gasteiger charge is 2.12. The van der Waals surface area contributed by atoms with Crippen molar-refractivity contribution >= 4 is 5.91 Å². The monoisotopic (exact) mass is 238 g/mol. The molecule has 0 aliphatic heterocycles. The van der Waals surface area contributed by atoms with E-state index in [-0.39, 0.29) is 12.5 Å². The van der Waals surface area contributed by atoms with Crippen LogP contribution in [0.5, 0.6) is 5.75 Å². The second kappa shape index (κ2) is 6.20. The van der Waals surface area contributed by atoms with Crippen LogP contribution in [0.4, 0.5) is 0 Å². The third-order valence-corrected chi connectivity index (χ3v) is 2.37. The van der Waals surface area contributed by atoms with Gasteiger partial charge in [-0.25, -0.2) is 0 Å². The van der Waals surface area contributed by atoms with Crippen LogP contribution >= 0.6 is 0 Å². The van der Waals surface area contributed by atoms with Crippen molar-refractivity contribution in [3.8, 4) is 5.75 Å².